The molecule has 3 rings (SSSR count). The van der Waals surface area contributed by atoms with E-state index in [0.29, 0.717) is 12.5 Å². The van der Waals surface area contributed by atoms with E-state index in [-0.39, 0.29) is 5.91 Å². The Hall–Kier alpha value is -2.41. The lowest BCUT2D eigenvalue weighted by Gasteiger charge is -2.36. The van der Waals surface area contributed by atoms with Crippen LogP contribution in [-0.2, 0) is 24.8 Å². The number of likely N-dealkylation sites (N-methyl/N-ethyl adjacent to an activating group) is 1. The zero-order valence-corrected chi connectivity index (χ0v) is 17.6. The fraction of sp³-hybridized carbons (Fsp3) is 0.571. The molecule has 0 aromatic carbocycles. The molecule has 0 aliphatic carbocycles. The molecule has 1 saturated heterocycles. The lowest BCUT2D eigenvalue weighted by molar-refractivity contribution is -0.132. The molecule has 0 bridgehead atoms. The Bertz CT molecular complexity index is 824. The summed E-state index contributed by atoms with van der Waals surface area (Å²) < 4.78 is 7.26. The van der Waals surface area contributed by atoms with Crippen molar-refractivity contribution in [3.63, 3.8) is 0 Å². The Kier molecular flexibility index (Phi) is 6.34. The molecule has 0 atom stereocenters. The van der Waals surface area contributed by atoms with E-state index in [1.165, 1.54) is 0 Å². The molecule has 0 unspecified atom stereocenters. The average Bonchev–Trinajstić information content (AvgIpc) is 3.09. The quantitative estimate of drug-likeness (QED) is 0.762. The normalized spacial score (nSPS) is 15.6. The van der Waals surface area contributed by atoms with Gasteiger partial charge in [-0.15, -0.1) is 0 Å². The smallest absolute Gasteiger partial charge is 0.227 e. The van der Waals surface area contributed by atoms with Crippen molar-refractivity contribution < 1.29 is 9.53 Å². The van der Waals surface area contributed by atoms with Crippen LogP contribution in [0.2, 0.25) is 0 Å². The fourth-order valence-corrected chi connectivity index (χ4v) is 3.97. The molecule has 1 fully saturated rings. The first-order chi connectivity index (χ1) is 13.4. The SMILES string of the molecule is COc1c(C)cnc(CN2CCC(N(C)C(=O)Cc3cnn(C)c3)CC2)c1C. The number of carbonyl (C=O) groups is 1. The predicted octanol–water partition coefficient (Wildman–Crippen LogP) is 2.11. The summed E-state index contributed by atoms with van der Waals surface area (Å²) in [7, 11) is 5.51. The number of aromatic nitrogens is 3. The molecular formula is C21H31N5O2. The third-order valence-corrected chi connectivity index (χ3v) is 5.74. The summed E-state index contributed by atoms with van der Waals surface area (Å²) in [5.74, 6) is 1.09. The average molecular weight is 386 g/mol. The highest BCUT2D eigenvalue weighted by Crippen LogP contribution is 2.26. The van der Waals surface area contributed by atoms with Crippen LogP contribution in [0, 0.1) is 13.8 Å². The van der Waals surface area contributed by atoms with Gasteiger partial charge in [-0.1, -0.05) is 0 Å². The van der Waals surface area contributed by atoms with Crippen molar-refractivity contribution in [2.75, 3.05) is 27.2 Å². The summed E-state index contributed by atoms with van der Waals surface area (Å²) in [6.07, 6.45) is 7.93. The minimum Gasteiger partial charge on any atom is -0.496 e. The first kappa shape index (κ1) is 20.3. The summed E-state index contributed by atoms with van der Waals surface area (Å²) in [5.41, 5.74) is 4.22. The van der Waals surface area contributed by atoms with Crippen LogP contribution in [0.3, 0.4) is 0 Å². The van der Waals surface area contributed by atoms with Crippen molar-refractivity contribution in [3.8, 4) is 5.75 Å². The maximum atomic E-state index is 12.6. The largest absolute Gasteiger partial charge is 0.496 e. The van der Waals surface area contributed by atoms with Crippen molar-refractivity contribution in [2.45, 2.75) is 45.7 Å². The van der Waals surface area contributed by atoms with Crippen LogP contribution in [0.15, 0.2) is 18.6 Å². The highest BCUT2D eigenvalue weighted by atomic mass is 16.5. The number of amides is 1. The van der Waals surface area contributed by atoms with Gasteiger partial charge in [0.2, 0.25) is 5.91 Å². The fourth-order valence-electron chi connectivity index (χ4n) is 3.97. The highest BCUT2D eigenvalue weighted by Gasteiger charge is 2.26. The molecule has 0 radical (unpaired) electrons. The monoisotopic (exact) mass is 385 g/mol. The number of ether oxygens (including phenoxy) is 1. The van der Waals surface area contributed by atoms with Gasteiger partial charge in [0.1, 0.15) is 5.75 Å². The number of hydrogen-bond donors (Lipinski definition) is 0. The van der Waals surface area contributed by atoms with E-state index < -0.39 is 0 Å². The van der Waals surface area contributed by atoms with Gasteiger partial charge < -0.3 is 9.64 Å². The maximum absolute atomic E-state index is 12.6. The second kappa shape index (κ2) is 8.73. The zero-order chi connectivity index (χ0) is 20.3. The number of pyridine rings is 1. The number of nitrogens with zero attached hydrogens (tertiary/aromatic N) is 5. The van der Waals surface area contributed by atoms with Crippen molar-refractivity contribution in [2.24, 2.45) is 7.05 Å². The van der Waals surface area contributed by atoms with E-state index >= 15 is 0 Å². The van der Waals surface area contributed by atoms with E-state index in [0.717, 1.165) is 60.6 Å². The number of piperidine rings is 1. The Morgan fingerprint density at radius 3 is 2.61 bits per heavy atom. The molecule has 2 aromatic rings. The molecule has 152 valence electrons. The van der Waals surface area contributed by atoms with Gasteiger partial charge in [-0.3, -0.25) is 19.4 Å². The standard InChI is InChI=1S/C21H31N5O2/c1-15-11-22-19(16(2)21(15)28-5)14-26-8-6-18(7-9-26)25(4)20(27)10-17-12-23-24(3)13-17/h11-13,18H,6-10,14H2,1-5H3. The Morgan fingerprint density at radius 1 is 1.29 bits per heavy atom. The van der Waals surface area contributed by atoms with E-state index in [2.05, 4.69) is 21.9 Å². The molecule has 3 heterocycles. The first-order valence-electron chi connectivity index (χ1n) is 9.83. The van der Waals surface area contributed by atoms with Crippen LogP contribution in [0.1, 0.15) is 35.2 Å². The van der Waals surface area contributed by atoms with E-state index in [1.807, 2.05) is 38.3 Å². The molecule has 7 heteroatoms. The summed E-state index contributed by atoms with van der Waals surface area (Å²) >= 11 is 0. The number of hydrogen-bond acceptors (Lipinski definition) is 5. The van der Waals surface area contributed by atoms with Gasteiger partial charge in [0.05, 0.1) is 25.4 Å². The topological polar surface area (TPSA) is 63.5 Å². The molecular weight excluding hydrogens is 354 g/mol. The number of likely N-dealkylation sites (tertiary alicyclic amines) is 1. The molecule has 0 saturated carbocycles. The number of rotatable bonds is 6. The Balaban J connectivity index is 1.53. The van der Waals surface area contributed by atoms with Crippen LogP contribution in [0.5, 0.6) is 5.75 Å². The summed E-state index contributed by atoms with van der Waals surface area (Å²) in [5, 5.41) is 4.14. The van der Waals surface area contributed by atoms with Gasteiger partial charge in [-0.05, 0) is 32.3 Å². The van der Waals surface area contributed by atoms with Crippen molar-refractivity contribution in [3.05, 3.63) is 41.0 Å². The Labute approximate surface area is 167 Å². The van der Waals surface area contributed by atoms with Crippen LogP contribution >= 0.6 is 0 Å². The Morgan fingerprint density at radius 2 is 2.00 bits per heavy atom. The van der Waals surface area contributed by atoms with E-state index in [4.69, 9.17) is 4.74 Å². The van der Waals surface area contributed by atoms with E-state index in [1.54, 1.807) is 18.0 Å². The van der Waals surface area contributed by atoms with E-state index in [9.17, 15) is 4.79 Å². The summed E-state index contributed by atoms with van der Waals surface area (Å²) in [4.78, 5) is 21.5. The molecule has 0 N–H and O–H groups in total. The molecule has 0 spiro atoms. The van der Waals surface area contributed by atoms with Gasteiger partial charge in [0.15, 0.2) is 0 Å². The van der Waals surface area contributed by atoms with Gasteiger partial charge in [0, 0.05) is 63.3 Å². The highest BCUT2D eigenvalue weighted by molar-refractivity contribution is 5.78. The zero-order valence-electron chi connectivity index (χ0n) is 17.6. The lowest BCUT2D eigenvalue weighted by Crippen LogP contribution is -2.45. The summed E-state index contributed by atoms with van der Waals surface area (Å²) in [6.45, 7) is 6.85. The van der Waals surface area contributed by atoms with Crippen molar-refractivity contribution in [1.29, 1.82) is 0 Å². The number of carbonyl (C=O) groups excluding carboxylic acids is 1. The predicted molar refractivity (Wildman–Crippen MR) is 108 cm³/mol. The van der Waals surface area contributed by atoms with Gasteiger partial charge >= 0.3 is 0 Å². The maximum Gasteiger partial charge on any atom is 0.227 e. The molecule has 1 aliphatic rings. The minimum absolute atomic E-state index is 0.159. The van der Waals surface area contributed by atoms with Crippen LogP contribution in [0.4, 0.5) is 0 Å². The third kappa shape index (κ3) is 4.52. The molecule has 28 heavy (non-hydrogen) atoms. The van der Waals surface area contributed by atoms with Gasteiger partial charge in [-0.25, -0.2) is 0 Å². The van der Waals surface area contributed by atoms with Crippen LogP contribution in [-0.4, -0.2) is 63.8 Å². The second-order valence-electron chi connectivity index (χ2n) is 7.76. The lowest BCUT2D eigenvalue weighted by atomic mass is 10.0. The molecule has 1 amide bonds. The van der Waals surface area contributed by atoms with Crippen molar-refractivity contribution >= 4 is 5.91 Å². The van der Waals surface area contributed by atoms with Crippen molar-refractivity contribution in [1.82, 2.24) is 24.6 Å². The van der Waals surface area contributed by atoms with Crippen LogP contribution < -0.4 is 4.74 Å². The third-order valence-electron chi connectivity index (χ3n) is 5.74. The van der Waals surface area contributed by atoms with Gasteiger partial charge in [-0.2, -0.15) is 5.10 Å². The van der Waals surface area contributed by atoms with Crippen LogP contribution in [0.25, 0.3) is 0 Å². The first-order valence-corrected chi connectivity index (χ1v) is 9.83. The number of methoxy groups -OCH3 is 1. The molecule has 1 aliphatic heterocycles. The molecule has 2 aromatic heterocycles. The number of aryl methyl sites for hydroxylation is 2. The minimum atomic E-state index is 0.159. The summed E-state index contributed by atoms with van der Waals surface area (Å²) in [6, 6.07) is 0.294. The molecule has 7 nitrogen and oxygen atoms in total. The van der Waals surface area contributed by atoms with Gasteiger partial charge in [0.25, 0.3) is 0 Å². The second-order valence-corrected chi connectivity index (χ2v) is 7.76.